The van der Waals surface area contributed by atoms with E-state index in [-0.39, 0.29) is 29.2 Å². The minimum Gasteiger partial charge on any atom is -0.434 e. The van der Waals surface area contributed by atoms with Gasteiger partial charge in [0.2, 0.25) is 5.88 Å². The van der Waals surface area contributed by atoms with Gasteiger partial charge in [-0.1, -0.05) is 18.2 Å². The Morgan fingerprint density at radius 3 is 2.63 bits per heavy atom. The SMILES string of the molecule is CN1CCC(c2ccc(F)cc2)c2ccc(Oc3cccnn3)c(F)c2C1. The van der Waals surface area contributed by atoms with Crippen molar-refractivity contribution in [2.45, 2.75) is 18.9 Å². The number of halogens is 2. The van der Waals surface area contributed by atoms with Crippen molar-refractivity contribution in [3.8, 4) is 11.6 Å². The summed E-state index contributed by atoms with van der Waals surface area (Å²) in [4.78, 5) is 2.08. The Hall–Kier alpha value is -2.86. The molecular formula is C21H19F2N3O. The van der Waals surface area contributed by atoms with Crippen LogP contribution < -0.4 is 4.74 Å². The molecule has 4 rings (SSSR count). The quantitative estimate of drug-likeness (QED) is 0.682. The second kappa shape index (κ2) is 7.40. The van der Waals surface area contributed by atoms with E-state index in [0.717, 1.165) is 24.1 Å². The molecule has 0 radical (unpaired) electrons. The summed E-state index contributed by atoms with van der Waals surface area (Å²) in [6, 6.07) is 13.3. The van der Waals surface area contributed by atoms with Crippen molar-refractivity contribution < 1.29 is 13.5 Å². The van der Waals surface area contributed by atoms with Crippen LogP contribution in [0.1, 0.15) is 29.0 Å². The number of benzene rings is 2. The molecule has 0 fully saturated rings. The van der Waals surface area contributed by atoms with E-state index in [4.69, 9.17) is 4.74 Å². The van der Waals surface area contributed by atoms with E-state index in [1.165, 1.54) is 18.3 Å². The molecule has 1 aliphatic heterocycles. The number of ether oxygens (including phenoxy) is 1. The fourth-order valence-electron chi connectivity index (χ4n) is 3.53. The third kappa shape index (κ3) is 3.66. The fraction of sp³-hybridized carbons (Fsp3) is 0.238. The average molecular weight is 367 g/mol. The highest BCUT2D eigenvalue weighted by atomic mass is 19.1. The van der Waals surface area contributed by atoms with Crippen LogP contribution in [0, 0.1) is 11.6 Å². The van der Waals surface area contributed by atoms with Crippen molar-refractivity contribution in [2.75, 3.05) is 13.6 Å². The highest BCUT2D eigenvalue weighted by molar-refractivity contribution is 5.45. The summed E-state index contributed by atoms with van der Waals surface area (Å²) in [6.07, 6.45) is 2.36. The van der Waals surface area contributed by atoms with Crippen LogP contribution in [0.25, 0.3) is 0 Å². The molecule has 0 N–H and O–H groups in total. The van der Waals surface area contributed by atoms with E-state index in [9.17, 15) is 4.39 Å². The van der Waals surface area contributed by atoms with Crippen LogP contribution in [0.3, 0.4) is 0 Å². The van der Waals surface area contributed by atoms with E-state index in [1.54, 1.807) is 30.3 Å². The molecule has 0 amide bonds. The van der Waals surface area contributed by atoms with Crippen molar-refractivity contribution in [1.29, 1.82) is 0 Å². The van der Waals surface area contributed by atoms with Crippen molar-refractivity contribution >= 4 is 0 Å². The van der Waals surface area contributed by atoms with Crippen LogP contribution in [-0.4, -0.2) is 28.7 Å². The molecule has 1 aromatic heterocycles. The normalized spacial score (nSPS) is 17.2. The van der Waals surface area contributed by atoms with Crippen LogP contribution >= 0.6 is 0 Å². The standard InChI is InChI=1S/C21H19F2N3O/c1-26-12-10-16(14-4-6-15(22)7-5-14)17-8-9-19(21(23)18(17)13-26)27-20-3-2-11-24-25-20/h2-9,11,16H,10,12-13H2,1H3. The first-order chi connectivity index (χ1) is 13.1. The van der Waals surface area contributed by atoms with E-state index in [1.807, 2.05) is 13.1 Å². The van der Waals surface area contributed by atoms with Gasteiger partial charge in [-0.3, -0.25) is 0 Å². The van der Waals surface area contributed by atoms with Gasteiger partial charge < -0.3 is 9.64 Å². The summed E-state index contributed by atoms with van der Waals surface area (Å²) in [6.45, 7) is 1.30. The molecule has 1 aliphatic rings. The van der Waals surface area contributed by atoms with Gasteiger partial charge in [-0.15, -0.1) is 5.10 Å². The molecule has 2 heterocycles. The van der Waals surface area contributed by atoms with Crippen LogP contribution in [0.4, 0.5) is 8.78 Å². The van der Waals surface area contributed by atoms with Gasteiger partial charge in [0.05, 0.1) is 0 Å². The van der Waals surface area contributed by atoms with Crippen LogP contribution in [0.15, 0.2) is 54.7 Å². The molecule has 6 heteroatoms. The molecule has 0 bridgehead atoms. The summed E-state index contributed by atoms with van der Waals surface area (Å²) in [5, 5.41) is 7.59. The van der Waals surface area contributed by atoms with Gasteiger partial charge in [0, 0.05) is 30.3 Å². The Labute approximate surface area is 156 Å². The molecule has 138 valence electrons. The molecule has 0 saturated carbocycles. The monoisotopic (exact) mass is 367 g/mol. The lowest BCUT2D eigenvalue weighted by atomic mass is 9.86. The number of rotatable bonds is 3. The van der Waals surface area contributed by atoms with Gasteiger partial charge in [0.15, 0.2) is 11.6 Å². The molecular weight excluding hydrogens is 348 g/mol. The van der Waals surface area contributed by atoms with Crippen molar-refractivity contribution in [3.05, 3.63) is 83.1 Å². The Bertz CT molecular complexity index is 932. The maximum Gasteiger partial charge on any atom is 0.238 e. The number of aromatic nitrogens is 2. The lowest BCUT2D eigenvalue weighted by Gasteiger charge is -2.19. The zero-order chi connectivity index (χ0) is 18.8. The second-order valence-electron chi connectivity index (χ2n) is 6.74. The average Bonchev–Trinajstić information content (AvgIpc) is 2.85. The fourth-order valence-corrected chi connectivity index (χ4v) is 3.53. The van der Waals surface area contributed by atoms with Crippen molar-refractivity contribution in [1.82, 2.24) is 15.1 Å². The van der Waals surface area contributed by atoms with Crippen LogP contribution in [-0.2, 0) is 6.54 Å². The largest absolute Gasteiger partial charge is 0.434 e. The zero-order valence-corrected chi connectivity index (χ0v) is 14.9. The van der Waals surface area contributed by atoms with Gasteiger partial charge in [-0.2, -0.15) is 5.10 Å². The van der Waals surface area contributed by atoms with Gasteiger partial charge >= 0.3 is 0 Å². The van der Waals surface area contributed by atoms with Gasteiger partial charge in [-0.25, -0.2) is 8.78 Å². The highest BCUT2D eigenvalue weighted by Gasteiger charge is 2.26. The molecule has 2 aromatic carbocycles. The minimum atomic E-state index is -0.390. The first-order valence-electron chi connectivity index (χ1n) is 8.82. The van der Waals surface area contributed by atoms with Gasteiger partial charge in [0.25, 0.3) is 0 Å². The van der Waals surface area contributed by atoms with E-state index in [0.29, 0.717) is 12.1 Å². The number of nitrogens with zero attached hydrogens (tertiary/aromatic N) is 3. The molecule has 0 aliphatic carbocycles. The van der Waals surface area contributed by atoms with Crippen LogP contribution in [0.5, 0.6) is 11.6 Å². The lowest BCUT2D eigenvalue weighted by Crippen LogP contribution is -2.18. The molecule has 1 atom stereocenters. The van der Waals surface area contributed by atoms with Crippen molar-refractivity contribution in [2.24, 2.45) is 0 Å². The molecule has 3 aromatic rings. The molecule has 0 saturated heterocycles. The maximum atomic E-state index is 15.3. The third-order valence-electron chi connectivity index (χ3n) is 4.88. The van der Waals surface area contributed by atoms with Crippen molar-refractivity contribution in [3.63, 3.8) is 0 Å². The van der Waals surface area contributed by atoms with E-state index >= 15 is 4.39 Å². The molecule has 1 unspecified atom stereocenters. The molecule has 4 nitrogen and oxygen atoms in total. The van der Waals surface area contributed by atoms with Gasteiger partial charge in [-0.05, 0) is 55.4 Å². The Balaban J connectivity index is 1.75. The summed E-state index contributed by atoms with van der Waals surface area (Å²) >= 11 is 0. The first-order valence-corrected chi connectivity index (χ1v) is 8.82. The van der Waals surface area contributed by atoms with Crippen LogP contribution in [0.2, 0.25) is 0 Å². The zero-order valence-electron chi connectivity index (χ0n) is 14.9. The minimum absolute atomic E-state index is 0.00520. The highest BCUT2D eigenvalue weighted by Crippen LogP contribution is 2.38. The van der Waals surface area contributed by atoms with E-state index in [2.05, 4.69) is 15.1 Å². The summed E-state index contributed by atoms with van der Waals surface area (Å²) in [5.74, 6) is -0.288. The Morgan fingerprint density at radius 2 is 1.89 bits per heavy atom. The molecule has 0 spiro atoms. The second-order valence-corrected chi connectivity index (χ2v) is 6.74. The lowest BCUT2D eigenvalue weighted by molar-refractivity contribution is 0.321. The number of fused-ring (bicyclic) bond motifs is 1. The summed E-state index contributed by atoms with van der Waals surface area (Å²) in [5.41, 5.74) is 2.50. The Kier molecular flexibility index (Phi) is 4.81. The maximum absolute atomic E-state index is 15.3. The number of hydrogen-bond acceptors (Lipinski definition) is 4. The third-order valence-corrected chi connectivity index (χ3v) is 4.88. The summed E-state index contributed by atoms with van der Waals surface area (Å²) in [7, 11) is 1.96. The molecule has 27 heavy (non-hydrogen) atoms. The Morgan fingerprint density at radius 1 is 1.07 bits per heavy atom. The summed E-state index contributed by atoms with van der Waals surface area (Å²) < 4.78 is 34.2. The van der Waals surface area contributed by atoms with E-state index < -0.39 is 0 Å². The smallest absolute Gasteiger partial charge is 0.238 e. The predicted molar refractivity (Wildman–Crippen MR) is 97.7 cm³/mol. The topological polar surface area (TPSA) is 38.2 Å². The predicted octanol–water partition coefficient (Wildman–Crippen LogP) is 4.51. The first kappa shape index (κ1) is 17.5. The van der Waals surface area contributed by atoms with Gasteiger partial charge in [0.1, 0.15) is 5.82 Å². The number of hydrogen-bond donors (Lipinski definition) is 0.